The Morgan fingerprint density at radius 1 is 0.968 bits per heavy atom. The zero-order valence-corrected chi connectivity index (χ0v) is 20.6. The van der Waals surface area contributed by atoms with E-state index in [1.165, 1.54) is 22.3 Å². The summed E-state index contributed by atoms with van der Waals surface area (Å²) in [5.74, 6) is 0.0545. The van der Waals surface area contributed by atoms with E-state index in [9.17, 15) is 4.79 Å². The summed E-state index contributed by atoms with van der Waals surface area (Å²) in [6.45, 7) is 9.91. The third kappa shape index (κ3) is 14.5. The Labute approximate surface area is 190 Å². The van der Waals surface area contributed by atoms with Gasteiger partial charge in [-0.3, -0.25) is 4.79 Å². The lowest BCUT2D eigenvalue weighted by molar-refractivity contribution is -0.144. The molecular formula is C28H43NO2. The first-order valence-electron chi connectivity index (χ1n) is 11.6. The summed E-state index contributed by atoms with van der Waals surface area (Å²) in [5.41, 5.74) is 5.44. The van der Waals surface area contributed by atoms with Crippen LogP contribution in [0.2, 0.25) is 0 Å². The smallest absolute Gasteiger partial charge is 0.306 e. The fourth-order valence-corrected chi connectivity index (χ4v) is 3.44. The Hall–Kier alpha value is -2.13. The molecule has 31 heavy (non-hydrogen) atoms. The van der Waals surface area contributed by atoms with Crippen LogP contribution in [0.4, 0.5) is 0 Å². The minimum Gasteiger partial charge on any atom is -0.464 e. The SMILES string of the molecule is CC(C)=CCCC(C)=CCCC(C)=CC(CC(=O)OCCN(C)C)Cc1ccccc1. The molecule has 0 aliphatic rings. The standard InChI is InChI=1S/C28H43NO2/c1-23(2)12-10-13-24(3)14-11-15-25(4)20-27(21-26-16-8-7-9-17-26)22-28(30)31-19-18-29(5)6/h7-9,12,14,16-17,20,27H,10-11,13,15,18-19,21-22H2,1-6H3. The monoisotopic (exact) mass is 425 g/mol. The van der Waals surface area contributed by atoms with Gasteiger partial charge in [-0.05, 0) is 85.4 Å². The van der Waals surface area contributed by atoms with Gasteiger partial charge in [0.25, 0.3) is 0 Å². The Morgan fingerprint density at radius 3 is 2.26 bits per heavy atom. The Morgan fingerprint density at radius 2 is 1.61 bits per heavy atom. The Balaban J connectivity index is 2.65. The number of ether oxygens (including phenoxy) is 1. The predicted octanol–water partition coefficient (Wildman–Crippen LogP) is 6.76. The van der Waals surface area contributed by atoms with Gasteiger partial charge < -0.3 is 9.64 Å². The highest BCUT2D eigenvalue weighted by Crippen LogP contribution is 2.19. The summed E-state index contributed by atoms with van der Waals surface area (Å²) in [5, 5.41) is 0. The molecule has 1 rings (SSSR count). The molecule has 0 heterocycles. The van der Waals surface area contributed by atoms with Crippen molar-refractivity contribution in [1.29, 1.82) is 0 Å². The van der Waals surface area contributed by atoms with Crippen LogP contribution in [0.25, 0.3) is 0 Å². The molecule has 0 spiro atoms. The summed E-state index contributed by atoms with van der Waals surface area (Å²) in [6.07, 6.45) is 12.6. The van der Waals surface area contributed by atoms with E-state index < -0.39 is 0 Å². The first-order chi connectivity index (χ1) is 14.8. The van der Waals surface area contributed by atoms with Crippen molar-refractivity contribution in [2.45, 2.75) is 66.2 Å². The van der Waals surface area contributed by atoms with E-state index in [1.807, 2.05) is 25.1 Å². The average molecular weight is 426 g/mol. The lowest BCUT2D eigenvalue weighted by atomic mass is 9.93. The molecule has 1 aromatic carbocycles. The summed E-state index contributed by atoms with van der Waals surface area (Å²) < 4.78 is 5.45. The fourth-order valence-electron chi connectivity index (χ4n) is 3.44. The van der Waals surface area contributed by atoms with Crippen molar-refractivity contribution in [1.82, 2.24) is 4.90 Å². The third-order valence-electron chi connectivity index (χ3n) is 5.21. The lowest BCUT2D eigenvalue weighted by Crippen LogP contribution is -2.21. The number of rotatable bonds is 14. The van der Waals surface area contributed by atoms with Gasteiger partial charge in [-0.1, -0.05) is 65.3 Å². The number of nitrogens with zero attached hydrogens (tertiary/aromatic N) is 1. The van der Waals surface area contributed by atoms with Gasteiger partial charge in [0.2, 0.25) is 0 Å². The molecule has 0 aromatic heterocycles. The average Bonchev–Trinajstić information content (AvgIpc) is 2.68. The van der Waals surface area contributed by atoms with Crippen molar-refractivity contribution in [2.75, 3.05) is 27.2 Å². The highest BCUT2D eigenvalue weighted by Gasteiger charge is 2.14. The quantitative estimate of drug-likeness (QED) is 0.244. The van der Waals surface area contributed by atoms with Crippen molar-refractivity contribution in [2.24, 2.45) is 5.92 Å². The first-order valence-corrected chi connectivity index (χ1v) is 11.6. The summed E-state index contributed by atoms with van der Waals surface area (Å²) >= 11 is 0. The maximum atomic E-state index is 12.4. The molecule has 3 nitrogen and oxygen atoms in total. The molecule has 172 valence electrons. The second-order valence-electron chi connectivity index (χ2n) is 9.10. The molecule has 0 radical (unpaired) electrons. The molecule has 1 atom stereocenters. The van der Waals surface area contributed by atoms with E-state index in [-0.39, 0.29) is 11.9 Å². The molecule has 0 aliphatic carbocycles. The molecule has 0 N–H and O–H groups in total. The molecule has 0 saturated carbocycles. The Bertz CT molecular complexity index is 725. The number of carbonyl (C=O) groups is 1. The zero-order chi connectivity index (χ0) is 23.1. The number of hydrogen-bond donors (Lipinski definition) is 0. The first kappa shape index (κ1) is 26.9. The van der Waals surface area contributed by atoms with Crippen molar-refractivity contribution in [3.8, 4) is 0 Å². The van der Waals surface area contributed by atoms with Gasteiger partial charge in [0.05, 0.1) is 6.42 Å². The number of likely N-dealkylation sites (N-methyl/N-ethyl adjacent to an activating group) is 1. The largest absolute Gasteiger partial charge is 0.464 e. The molecule has 3 heteroatoms. The van der Waals surface area contributed by atoms with Gasteiger partial charge in [-0.15, -0.1) is 0 Å². The molecule has 0 fully saturated rings. The van der Waals surface area contributed by atoms with Gasteiger partial charge >= 0.3 is 5.97 Å². The van der Waals surface area contributed by atoms with Crippen LogP contribution in [-0.2, 0) is 16.0 Å². The van der Waals surface area contributed by atoms with E-state index in [4.69, 9.17) is 4.74 Å². The van der Waals surface area contributed by atoms with Crippen LogP contribution >= 0.6 is 0 Å². The van der Waals surface area contributed by atoms with E-state index in [0.29, 0.717) is 13.0 Å². The van der Waals surface area contributed by atoms with Crippen LogP contribution in [-0.4, -0.2) is 38.1 Å². The maximum absolute atomic E-state index is 12.4. The van der Waals surface area contributed by atoms with E-state index in [1.54, 1.807) is 0 Å². The molecule has 0 aliphatic heterocycles. The summed E-state index contributed by atoms with van der Waals surface area (Å²) in [4.78, 5) is 14.4. The van der Waals surface area contributed by atoms with Gasteiger partial charge in [-0.2, -0.15) is 0 Å². The van der Waals surface area contributed by atoms with Crippen LogP contribution in [0.15, 0.2) is 65.3 Å². The molecule has 0 bridgehead atoms. The van der Waals surface area contributed by atoms with Gasteiger partial charge in [-0.25, -0.2) is 0 Å². The minimum absolute atomic E-state index is 0.109. The third-order valence-corrected chi connectivity index (χ3v) is 5.21. The maximum Gasteiger partial charge on any atom is 0.306 e. The minimum atomic E-state index is -0.109. The Kier molecular flexibility index (Phi) is 13.6. The number of hydrogen-bond acceptors (Lipinski definition) is 3. The van der Waals surface area contributed by atoms with Crippen LogP contribution < -0.4 is 0 Å². The molecule has 1 unspecified atom stereocenters. The summed E-state index contributed by atoms with van der Waals surface area (Å²) in [7, 11) is 3.96. The second-order valence-corrected chi connectivity index (χ2v) is 9.10. The van der Waals surface area contributed by atoms with E-state index >= 15 is 0 Å². The van der Waals surface area contributed by atoms with Gasteiger partial charge in [0.15, 0.2) is 0 Å². The van der Waals surface area contributed by atoms with Crippen molar-refractivity contribution < 1.29 is 9.53 Å². The van der Waals surface area contributed by atoms with Crippen molar-refractivity contribution >= 4 is 5.97 Å². The van der Waals surface area contributed by atoms with Crippen LogP contribution in [0.1, 0.15) is 65.4 Å². The molecule has 0 saturated heterocycles. The van der Waals surface area contributed by atoms with Gasteiger partial charge in [0, 0.05) is 6.54 Å². The van der Waals surface area contributed by atoms with Crippen molar-refractivity contribution in [3.63, 3.8) is 0 Å². The number of esters is 1. The summed E-state index contributed by atoms with van der Waals surface area (Å²) in [6, 6.07) is 10.4. The number of benzene rings is 1. The molecule has 0 amide bonds. The van der Waals surface area contributed by atoms with E-state index in [2.05, 4.69) is 70.2 Å². The predicted molar refractivity (Wildman–Crippen MR) is 133 cm³/mol. The molecule has 1 aromatic rings. The van der Waals surface area contributed by atoms with Gasteiger partial charge in [0.1, 0.15) is 6.61 Å². The fraction of sp³-hybridized carbons (Fsp3) is 0.536. The lowest BCUT2D eigenvalue weighted by Gasteiger charge is -2.15. The van der Waals surface area contributed by atoms with E-state index in [0.717, 1.165) is 38.6 Å². The van der Waals surface area contributed by atoms with Crippen LogP contribution in [0, 0.1) is 5.92 Å². The van der Waals surface area contributed by atoms with Crippen LogP contribution in [0.3, 0.4) is 0 Å². The van der Waals surface area contributed by atoms with Crippen LogP contribution in [0.5, 0.6) is 0 Å². The second kappa shape index (κ2) is 15.6. The highest BCUT2D eigenvalue weighted by molar-refractivity contribution is 5.70. The number of allylic oxidation sites excluding steroid dienone is 6. The zero-order valence-electron chi connectivity index (χ0n) is 20.6. The number of carbonyl (C=O) groups excluding carboxylic acids is 1. The van der Waals surface area contributed by atoms with Crippen molar-refractivity contribution in [3.05, 3.63) is 70.8 Å². The topological polar surface area (TPSA) is 29.5 Å². The molecular weight excluding hydrogens is 382 g/mol. The normalized spacial score (nSPS) is 13.3. The highest BCUT2D eigenvalue weighted by atomic mass is 16.5.